The average Bonchev–Trinajstić information content (AvgIpc) is 3.52. The van der Waals surface area contributed by atoms with E-state index in [1.54, 1.807) is 12.1 Å². The predicted octanol–water partition coefficient (Wildman–Crippen LogP) is 6.79. The number of rotatable bonds is 5. The standard InChI is InChI=1S/C17H16Cl2N2O2.2C2H6/c1-10-2-5-12(6-15(10)23-9-11-3-4-11)17(22)21-16-13(18)7-20-8-14(16)19;2*1-2/h2,5-8,11H,3-4,9H2,1H3,(H,20,21,22);2*1-2H3. The maximum atomic E-state index is 12.4. The number of halogens is 2. The molecule has 6 heteroatoms. The first-order chi connectivity index (χ1) is 13.0. The molecule has 1 aromatic heterocycles. The van der Waals surface area contributed by atoms with Gasteiger partial charge < -0.3 is 10.1 Å². The molecule has 1 N–H and O–H groups in total. The van der Waals surface area contributed by atoms with E-state index in [9.17, 15) is 4.79 Å². The SMILES string of the molecule is CC.CC.Cc1ccc(C(=O)Nc2c(Cl)cncc2Cl)cc1OCC1CC1. The van der Waals surface area contributed by atoms with E-state index in [1.807, 2.05) is 40.7 Å². The minimum atomic E-state index is -0.295. The fourth-order valence-electron chi connectivity index (χ4n) is 2.11. The van der Waals surface area contributed by atoms with Gasteiger partial charge in [0, 0.05) is 18.0 Å². The largest absolute Gasteiger partial charge is 0.493 e. The molecular formula is C21H28Cl2N2O2. The highest BCUT2D eigenvalue weighted by molar-refractivity contribution is 6.39. The van der Waals surface area contributed by atoms with Crippen LogP contribution >= 0.6 is 23.2 Å². The van der Waals surface area contributed by atoms with Gasteiger partial charge in [-0.15, -0.1) is 0 Å². The molecule has 1 saturated carbocycles. The minimum Gasteiger partial charge on any atom is -0.493 e. The maximum absolute atomic E-state index is 12.4. The number of ether oxygens (including phenoxy) is 1. The van der Waals surface area contributed by atoms with Crippen molar-refractivity contribution < 1.29 is 9.53 Å². The van der Waals surface area contributed by atoms with Gasteiger partial charge in [-0.25, -0.2) is 0 Å². The van der Waals surface area contributed by atoms with E-state index in [0.29, 0.717) is 33.8 Å². The Hall–Kier alpha value is -1.78. The minimum absolute atomic E-state index is 0.295. The molecule has 0 saturated heterocycles. The number of pyridine rings is 1. The summed E-state index contributed by atoms with van der Waals surface area (Å²) in [6.07, 6.45) is 5.31. The molecule has 0 unspecified atom stereocenters. The molecule has 0 atom stereocenters. The van der Waals surface area contributed by atoms with Crippen LogP contribution in [0.2, 0.25) is 10.0 Å². The summed E-state index contributed by atoms with van der Waals surface area (Å²) in [4.78, 5) is 16.3. The van der Waals surface area contributed by atoms with E-state index in [-0.39, 0.29) is 5.91 Å². The number of carbonyl (C=O) groups is 1. The highest BCUT2D eigenvalue weighted by Gasteiger charge is 2.22. The summed E-state index contributed by atoms with van der Waals surface area (Å²) < 4.78 is 5.81. The third-order valence-corrected chi connectivity index (χ3v) is 4.29. The summed E-state index contributed by atoms with van der Waals surface area (Å²) in [7, 11) is 0. The number of nitrogens with zero attached hydrogens (tertiary/aromatic N) is 1. The fourth-order valence-corrected chi connectivity index (χ4v) is 2.56. The Balaban J connectivity index is 0.000000855. The molecule has 0 bridgehead atoms. The molecule has 27 heavy (non-hydrogen) atoms. The Bertz CT molecular complexity index is 727. The van der Waals surface area contributed by atoms with E-state index in [1.165, 1.54) is 25.2 Å². The lowest BCUT2D eigenvalue weighted by Gasteiger charge is -2.12. The number of hydrogen-bond donors (Lipinski definition) is 1. The number of carbonyl (C=O) groups excluding carboxylic acids is 1. The number of nitrogens with one attached hydrogen (secondary N) is 1. The molecule has 148 valence electrons. The molecular weight excluding hydrogens is 383 g/mol. The Labute approximate surface area is 172 Å². The van der Waals surface area contributed by atoms with Gasteiger partial charge in [-0.05, 0) is 43.4 Å². The molecule has 1 aromatic carbocycles. The van der Waals surface area contributed by atoms with Gasteiger partial charge in [-0.2, -0.15) is 0 Å². The highest BCUT2D eigenvalue weighted by atomic mass is 35.5. The summed E-state index contributed by atoms with van der Waals surface area (Å²) >= 11 is 12.0. The van der Waals surface area contributed by atoms with Crippen molar-refractivity contribution in [2.24, 2.45) is 5.92 Å². The lowest BCUT2D eigenvalue weighted by atomic mass is 10.1. The van der Waals surface area contributed by atoms with Crippen LogP contribution in [0.1, 0.15) is 56.5 Å². The zero-order valence-corrected chi connectivity index (χ0v) is 18.1. The van der Waals surface area contributed by atoms with Crippen molar-refractivity contribution in [3.05, 3.63) is 51.8 Å². The number of anilines is 1. The van der Waals surface area contributed by atoms with Crippen LogP contribution < -0.4 is 10.1 Å². The topological polar surface area (TPSA) is 51.2 Å². The smallest absolute Gasteiger partial charge is 0.255 e. The maximum Gasteiger partial charge on any atom is 0.255 e. The summed E-state index contributed by atoms with van der Waals surface area (Å²) in [5.74, 6) is 1.09. The monoisotopic (exact) mass is 410 g/mol. The van der Waals surface area contributed by atoms with Gasteiger partial charge in [0.2, 0.25) is 0 Å². The van der Waals surface area contributed by atoms with Crippen LogP contribution in [-0.2, 0) is 0 Å². The highest BCUT2D eigenvalue weighted by Crippen LogP contribution is 2.31. The molecule has 0 aliphatic heterocycles. The zero-order valence-electron chi connectivity index (χ0n) is 16.6. The van der Waals surface area contributed by atoms with Gasteiger partial charge in [-0.1, -0.05) is 57.0 Å². The summed E-state index contributed by atoms with van der Waals surface area (Å²) in [5, 5.41) is 3.31. The second-order valence-corrected chi connectivity index (χ2v) is 6.48. The molecule has 1 aliphatic carbocycles. The number of benzene rings is 1. The second-order valence-electron chi connectivity index (χ2n) is 5.67. The summed E-state index contributed by atoms with van der Waals surface area (Å²) in [6.45, 7) is 10.7. The second kappa shape index (κ2) is 11.8. The molecule has 4 nitrogen and oxygen atoms in total. The van der Waals surface area contributed by atoms with E-state index in [2.05, 4.69) is 10.3 Å². The van der Waals surface area contributed by atoms with Crippen LogP contribution in [0.3, 0.4) is 0 Å². The Morgan fingerprint density at radius 3 is 2.30 bits per heavy atom. The predicted molar refractivity (Wildman–Crippen MR) is 114 cm³/mol. The van der Waals surface area contributed by atoms with Crippen LogP contribution in [-0.4, -0.2) is 17.5 Å². The number of amides is 1. The van der Waals surface area contributed by atoms with E-state index >= 15 is 0 Å². The molecule has 1 amide bonds. The zero-order chi connectivity index (χ0) is 20.4. The lowest BCUT2D eigenvalue weighted by molar-refractivity contribution is 0.102. The molecule has 1 fully saturated rings. The van der Waals surface area contributed by atoms with Gasteiger partial charge >= 0.3 is 0 Å². The summed E-state index contributed by atoms with van der Waals surface area (Å²) in [6, 6.07) is 5.36. The van der Waals surface area contributed by atoms with Crippen LogP contribution in [0.25, 0.3) is 0 Å². The van der Waals surface area contributed by atoms with Crippen LogP contribution in [0.5, 0.6) is 5.75 Å². The first kappa shape index (κ1) is 23.3. The van der Waals surface area contributed by atoms with Crippen molar-refractivity contribution in [3.63, 3.8) is 0 Å². The molecule has 0 spiro atoms. The molecule has 1 heterocycles. The molecule has 0 radical (unpaired) electrons. The van der Waals surface area contributed by atoms with Crippen molar-refractivity contribution >= 4 is 34.8 Å². The summed E-state index contributed by atoms with van der Waals surface area (Å²) in [5.41, 5.74) is 1.85. The van der Waals surface area contributed by atoms with Crippen molar-refractivity contribution in [2.75, 3.05) is 11.9 Å². The van der Waals surface area contributed by atoms with E-state index in [0.717, 1.165) is 11.3 Å². The lowest BCUT2D eigenvalue weighted by Crippen LogP contribution is -2.13. The fraction of sp³-hybridized carbons (Fsp3) is 0.429. The Morgan fingerprint density at radius 2 is 1.74 bits per heavy atom. The van der Waals surface area contributed by atoms with Gasteiger partial charge in [-0.3, -0.25) is 9.78 Å². The quantitative estimate of drug-likeness (QED) is 0.589. The van der Waals surface area contributed by atoms with Gasteiger partial charge in [0.25, 0.3) is 5.91 Å². The first-order valence-electron chi connectivity index (χ1n) is 9.38. The Morgan fingerprint density at radius 1 is 1.15 bits per heavy atom. The van der Waals surface area contributed by atoms with Crippen LogP contribution in [0.15, 0.2) is 30.6 Å². The number of hydrogen-bond acceptors (Lipinski definition) is 3. The van der Waals surface area contributed by atoms with Gasteiger partial charge in [0.15, 0.2) is 0 Å². The number of aryl methyl sites for hydroxylation is 1. The molecule has 1 aliphatic rings. The van der Waals surface area contributed by atoms with E-state index in [4.69, 9.17) is 27.9 Å². The van der Waals surface area contributed by atoms with Crippen molar-refractivity contribution in [1.82, 2.24) is 4.98 Å². The first-order valence-corrected chi connectivity index (χ1v) is 10.1. The third-order valence-electron chi connectivity index (χ3n) is 3.71. The average molecular weight is 411 g/mol. The van der Waals surface area contributed by atoms with Crippen molar-refractivity contribution in [2.45, 2.75) is 47.5 Å². The number of aromatic nitrogens is 1. The van der Waals surface area contributed by atoms with Crippen LogP contribution in [0.4, 0.5) is 5.69 Å². The Kier molecular flexibility index (Phi) is 10.2. The molecule has 2 aromatic rings. The van der Waals surface area contributed by atoms with Crippen molar-refractivity contribution in [3.8, 4) is 5.75 Å². The third kappa shape index (κ3) is 7.04. The normalized spacial score (nSPS) is 12.1. The van der Waals surface area contributed by atoms with Crippen molar-refractivity contribution in [1.29, 1.82) is 0 Å². The van der Waals surface area contributed by atoms with Gasteiger partial charge in [0.1, 0.15) is 5.75 Å². The van der Waals surface area contributed by atoms with Gasteiger partial charge in [0.05, 0.1) is 22.3 Å². The molecule has 3 rings (SSSR count). The van der Waals surface area contributed by atoms with Crippen LogP contribution in [0, 0.1) is 12.8 Å². The van der Waals surface area contributed by atoms with E-state index < -0.39 is 0 Å².